The second-order valence-electron chi connectivity index (χ2n) is 5.82. The fourth-order valence-corrected chi connectivity index (χ4v) is 3.82. The van der Waals surface area contributed by atoms with Gasteiger partial charge in [0.15, 0.2) is 0 Å². The zero-order valence-corrected chi connectivity index (χ0v) is 10.7. The summed E-state index contributed by atoms with van der Waals surface area (Å²) in [6.45, 7) is 2.33. The maximum absolute atomic E-state index is 6.48. The molecule has 2 heteroatoms. The Bertz CT molecular complexity index is 443. The molecule has 2 bridgehead atoms. The topological polar surface area (TPSA) is 35.2 Å². The molecule has 1 aromatic rings. The Hall–Kier alpha value is -1.02. The van der Waals surface area contributed by atoms with E-state index in [1.54, 1.807) is 7.11 Å². The first-order chi connectivity index (χ1) is 8.15. The van der Waals surface area contributed by atoms with Crippen molar-refractivity contribution in [1.29, 1.82) is 0 Å². The fraction of sp³-hybridized carbons (Fsp3) is 0.600. The third-order valence-corrected chi connectivity index (χ3v) is 4.93. The van der Waals surface area contributed by atoms with Gasteiger partial charge in [0.05, 0.1) is 7.11 Å². The van der Waals surface area contributed by atoms with Crippen molar-refractivity contribution in [2.24, 2.45) is 11.7 Å². The van der Waals surface area contributed by atoms with Crippen LogP contribution in [0.1, 0.15) is 37.3 Å². The minimum absolute atomic E-state index is 0.158. The average molecular weight is 231 g/mol. The average Bonchev–Trinajstić information content (AvgIpc) is 2.33. The Morgan fingerprint density at radius 2 is 2.24 bits per heavy atom. The number of rotatable bonds is 1. The molecule has 3 rings (SSSR count). The van der Waals surface area contributed by atoms with E-state index in [0.717, 1.165) is 12.2 Å². The van der Waals surface area contributed by atoms with E-state index in [2.05, 4.69) is 25.1 Å². The van der Waals surface area contributed by atoms with Crippen molar-refractivity contribution >= 4 is 0 Å². The van der Waals surface area contributed by atoms with Gasteiger partial charge in [-0.25, -0.2) is 0 Å². The van der Waals surface area contributed by atoms with Crippen LogP contribution in [0.4, 0.5) is 0 Å². The van der Waals surface area contributed by atoms with Crippen LogP contribution in [-0.4, -0.2) is 13.2 Å². The normalized spacial score (nSPS) is 35.2. The predicted octanol–water partition coefficient (Wildman–Crippen LogP) is 2.64. The van der Waals surface area contributed by atoms with Crippen molar-refractivity contribution in [3.05, 3.63) is 29.3 Å². The Balaban J connectivity index is 2.14. The molecule has 0 heterocycles. The minimum atomic E-state index is 0.158. The van der Waals surface area contributed by atoms with Crippen molar-refractivity contribution in [1.82, 2.24) is 0 Å². The summed E-state index contributed by atoms with van der Waals surface area (Å²) in [5.74, 6) is 1.64. The molecular weight excluding hydrogens is 210 g/mol. The van der Waals surface area contributed by atoms with Crippen LogP contribution in [0.2, 0.25) is 0 Å². The van der Waals surface area contributed by atoms with Gasteiger partial charge in [-0.1, -0.05) is 19.4 Å². The van der Waals surface area contributed by atoms with Crippen LogP contribution < -0.4 is 10.5 Å². The van der Waals surface area contributed by atoms with Crippen molar-refractivity contribution in [3.63, 3.8) is 0 Å². The highest BCUT2D eigenvalue weighted by Crippen LogP contribution is 2.48. The monoisotopic (exact) mass is 231 g/mol. The van der Waals surface area contributed by atoms with E-state index in [9.17, 15) is 0 Å². The third-order valence-electron chi connectivity index (χ3n) is 4.93. The van der Waals surface area contributed by atoms with Crippen molar-refractivity contribution in [3.8, 4) is 5.75 Å². The molecule has 0 aliphatic heterocycles. The number of benzene rings is 1. The Morgan fingerprint density at radius 1 is 1.41 bits per heavy atom. The first-order valence-corrected chi connectivity index (χ1v) is 6.58. The molecule has 0 spiro atoms. The van der Waals surface area contributed by atoms with Gasteiger partial charge in [0.1, 0.15) is 5.75 Å². The lowest BCUT2D eigenvalue weighted by atomic mass is 9.57. The summed E-state index contributed by atoms with van der Waals surface area (Å²) in [5.41, 5.74) is 9.56. The number of hydrogen-bond donors (Lipinski definition) is 1. The zero-order valence-electron chi connectivity index (χ0n) is 10.7. The van der Waals surface area contributed by atoms with Crippen LogP contribution in [0, 0.1) is 5.92 Å². The summed E-state index contributed by atoms with van der Waals surface area (Å²) in [4.78, 5) is 0. The lowest BCUT2D eigenvalue weighted by molar-refractivity contribution is 0.173. The Labute approximate surface area is 103 Å². The van der Waals surface area contributed by atoms with Crippen LogP contribution in [0.25, 0.3) is 0 Å². The van der Waals surface area contributed by atoms with Gasteiger partial charge in [-0.3, -0.25) is 0 Å². The largest absolute Gasteiger partial charge is 0.497 e. The lowest BCUT2D eigenvalue weighted by Gasteiger charge is -2.49. The van der Waals surface area contributed by atoms with E-state index in [4.69, 9.17) is 10.5 Å². The van der Waals surface area contributed by atoms with Crippen molar-refractivity contribution < 1.29 is 4.74 Å². The van der Waals surface area contributed by atoms with Gasteiger partial charge < -0.3 is 10.5 Å². The third kappa shape index (κ3) is 1.50. The molecule has 17 heavy (non-hydrogen) atoms. The van der Waals surface area contributed by atoms with E-state index < -0.39 is 0 Å². The number of hydrogen-bond acceptors (Lipinski definition) is 2. The number of ether oxygens (including phenoxy) is 1. The van der Waals surface area contributed by atoms with Gasteiger partial charge in [-0.15, -0.1) is 0 Å². The SMILES string of the molecule is COc1ccc2c(c1)[C@@]1(C)CCCC(C2)[C@H]1N. The smallest absolute Gasteiger partial charge is 0.119 e. The predicted molar refractivity (Wildman–Crippen MR) is 69.4 cm³/mol. The first-order valence-electron chi connectivity index (χ1n) is 6.58. The summed E-state index contributed by atoms with van der Waals surface area (Å²) in [6, 6.07) is 6.83. The molecule has 2 nitrogen and oxygen atoms in total. The zero-order chi connectivity index (χ0) is 12.0. The molecule has 3 atom stereocenters. The molecule has 0 amide bonds. The molecule has 1 fully saturated rings. The van der Waals surface area contributed by atoms with E-state index >= 15 is 0 Å². The number of fused-ring (bicyclic) bond motifs is 4. The Morgan fingerprint density at radius 3 is 3.00 bits per heavy atom. The van der Waals surface area contributed by atoms with Crippen LogP contribution in [0.15, 0.2) is 18.2 Å². The Kier molecular flexibility index (Phi) is 2.44. The molecule has 0 radical (unpaired) electrons. The van der Waals surface area contributed by atoms with Gasteiger partial charge >= 0.3 is 0 Å². The van der Waals surface area contributed by atoms with Gasteiger partial charge in [0.25, 0.3) is 0 Å². The standard InChI is InChI=1S/C15H21NO/c1-15-7-3-4-11(14(15)16)8-10-5-6-12(17-2)9-13(10)15/h5-6,9,11,14H,3-4,7-8,16H2,1-2H3/t11?,14-,15-/m1/s1. The highest BCUT2D eigenvalue weighted by atomic mass is 16.5. The van der Waals surface area contributed by atoms with Crippen molar-refractivity contribution in [2.75, 3.05) is 7.11 Å². The van der Waals surface area contributed by atoms with Crippen LogP contribution in [-0.2, 0) is 11.8 Å². The summed E-state index contributed by atoms with van der Waals surface area (Å²) >= 11 is 0. The van der Waals surface area contributed by atoms with Crippen LogP contribution in [0.3, 0.4) is 0 Å². The summed E-state index contributed by atoms with van der Waals surface area (Å²) in [6.07, 6.45) is 4.97. The van der Waals surface area contributed by atoms with Gasteiger partial charge in [0, 0.05) is 11.5 Å². The van der Waals surface area contributed by atoms with Gasteiger partial charge in [0.2, 0.25) is 0 Å². The maximum atomic E-state index is 6.48. The quantitative estimate of drug-likeness (QED) is 0.806. The molecule has 2 aliphatic rings. The first kappa shape index (κ1) is 11.1. The highest BCUT2D eigenvalue weighted by Gasteiger charge is 2.45. The highest BCUT2D eigenvalue weighted by molar-refractivity contribution is 5.44. The molecule has 0 aromatic heterocycles. The summed E-state index contributed by atoms with van der Waals surface area (Å²) in [7, 11) is 1.73. The second-order valence-corrected chi connectivity index (χ2v) is 5.82. The fourth-order valence-electron chi connectivity index (χ4n) is 3.82. The molecular formula is C15H21NO. The van der Waals surface area contributed by atoms with Crippen molar-refractivity contribution in [2.45, 2.75) is 44.1 Å². The summed E-state index contributed by atoms with van der Waals surface area (Å²) in [5, 5.41) is 0. The van der Waals surface area contributed by atoms with Gasteiger partial charge in [-0.05, 0) is 48.4 Å². The van der Waals surface area contributed by atoms with Crippen LogP contribution in [0.5, 0.6) is 5.75 Å². The lowest BCUT2D eigenvalue weighted by Crippen LogP contribution is -2.54. The summed E-state index contributed by atoms with van der Waals surface area (Å²) < 4.78 is 5.36. The van der Waals surface area contributed by atoms with Crippen LogP contribution >= 0.6 is 0 Å². The number of methoxy groups -OCH3 is 1. The molecule has 2 N–H and O–H groups in total. The molecule has 0 saturated heterocycles. The minimum Gasteiger partial charge on any atom is -0.497 e. The molecule has 1 unspecified atom stereocenters. The molecule has 2 aliphatic carbocycles. The maximum Gasteiger partial charge on any atom is 0.119 e. The van der Waals surface area contributed by atoms with E-state index in [0.29, 0.717) is 12.0 Å². The van der Waals surface area contributed by atoms with E-state index in [1.165, 1.54) is 30.4 Å². The molecule has 1 saturated carbocycles. The van der Waals surface area contributed by atoms with E-state index in [-0.39, 0.29) is 5.41 Å². The molecule has 1 aromatic carbocycles. The second kappa shape index (κ2) is 3.74. The van der Waals surface area contributed by atoms with Gasteiger partial charge in [-0.2, -0.15) is 0 Å². The van der Waals surface area contributed by atoms with E-state index in [1.807, 2.05) is 0 Å². The number of nitrogens with two attached hydrogens (primary N) is 1. The molecule has 92 valence electrons.